The number of hydrogen-bond donors (Lipinski definition) is 2. The van der Waals surface area contributed by atoms with Crippen LogP contribution in [-0.4, -0.2) is 41.4 Å². The summed E-state index contributed by atoms with van der Waals surface area (Å²) in [7, 11) is 0. The van der Waals surface area contributed by atoms with Crippen LogP contribution in [0.1, 0.15) is 11.3 Å². The van der Waals surface area contributed by atoms with Gasteiger partial charge in [-0.2, -0.15) is 10.1 Å². The van der Waals surface area contributed by atoms with Gasteiger partial charge in [-0.25, -0.2) is 9.89 Å². The number of quaternary nitrogens is 1. The van der Waals surface area contributed by atoms with Crippen molar-refractivity contribution in [1.29, 1.82) is 0 Å². The van der Waals surface area contributed by atoms with E-state index in [4.69, 9.17) is 0 Å². The number of nitrogens with one attached hydrogen (secondary N) is 2. The SMILES string of the molecule is Cc1n[nH]c(=O)nc1N1CC[NH+](Cc2ccccc2)CC1. The Morgan fingerprint density at radius 3 is 2.67 bits per heavy atom. The fourth-order valence-corrected chi connectivity index (χ4v) is 2.78. The van der Waals surface area contributed by atoms with E-state index in [1.807, 2.05) is 13.0 Å². The molecule has 0 saturated carbocycles. The summed E-state index contributed by atoms with van der Waals surface area (Å²) in [5, 5.41) is 6.36. The van der Waals surface area contributed by atoms with Crippen LogP contribution in [0.5, 0.6) is 0 Å². The van der Waals surface area contributed by atoms with Crippen LogP contribution < -0.4 is 15.5 Å². The van der Waals surface area contributed by atoms with Crippen LogP contribution >= 0.6 is 0 Å². The van der Waals surface area contributed by atoms with Crippen LogP contribution in [0.15, 0.2) is 35.1 Å². The van der Waals surface area contributed by atoms with Gasteiger partial charge in [0, 0.05) is 5.56 Å². The van der Waals surface area contributed by atoms with Crippen LogP contribution in [-0.2, 0) is 6.54 Å². The highest BCUT2D eigenvalue weighted by Crippen LogP contribution is 2.11. The molecule has 2 N–H and O–H groups in total. The summed E-state index contributed by atoms with van der Waals surface area (Å²) in [6, 6.07) is 10.6. The summed E-state index contributed by atoms with van der Waals surface area (Å²) in [5.74, 6) is 0.720. The summed E-state index contributed by atoms with van der Waals surface area (Å²) < 4.78 is 0. The summed E-state index contributed by atoms with van der Waals surface area (Å²) in [6.45, 7) is 6.82. The van der Waals surface area contributed by atoms with E-state index in [0.29, 0.717) is 0 Å². The zero-order chi connectivity index (χ0) is 14.7. The summed E-state index contributed by atoms with van der Waals surface area (Å²) in [5.41, 5.74) is 1.77. The third kappa shape index (κ3) is 3.28. The van der Waals surface area contributed by atoms with Gasteiger partial charge in [0.15, 0.2) is 5.82 Å². The number of rotatable bonds is 3. The molecule has 0 amide bonds. The molecule has 1 aromatic carbocycles. The third-order valence-electron chi connectivity index (χ3n) is 3.92. The summed E-state index contributed by atoms with van der Waals surface area (Å²) >= 11 is 0. The van der Waals surface area contributed by atoms with Gasteiger partial charge in [0.05, 0.1) is 26.2 Å². The Labute approximate surface area is 123 Å². The normalized spacial score (nSPS) is 16.1. The lowest BCUT2D eigenvalue weighted by Gasteiger charge is -2.33. The maximum Gasteiger partial charge on any atom is 0.363 e. The van der Waals surface area contributed by atoms with Gasteiger partial charge in [0.1, 0.15) is 12.2 Å². The molecule has 0 spiro atoms. The number of hydrogen-bond acceptors (Lipinski definition) is 4. The Morgan fingerprint density at radius 1 is 1.24 bits per heavy atom. The maximum atomic E-state index is 11.3. The van der Waals surface area contributed by atoms with Crippen molar-refractivity contribution < 1.29 is 4.90 Å². The first-order valence-corrected chi connectivity index (χ1v) is 7.28. The zero-order valence-corrected chi connectivity index (χ0v) is 12.2. The molecule has 0 atom stereocenters. The van der Waals surface area contributed by atoms with E-state index in [1.165, 1.54) is 5.56 Å². The molecule has 6 nitrogen and oxygen atoms in total. The predicted octanol–water partition coefficient (Wildman–Crippen LogP) is -0.622. The zero-order valence-electron chi connectivity index (χ0n) is 12.2. The van der Waals surface area contributed by atoms with Crippen LogP contribution in [0.25, 0.3) is 0 Å². The Hall–Kier alpha value is -2.21. The van der Waals surface area contributed by atoms with Gasteiger partial charge in [0.25, 0.3) is 0 Å². The van der Waals surface area contributed by atoms with E-state index in [1.54, 1.807) is 4.90 Å². The molecule has 0 unspecified atom stereocenters. The fourth-order valence-electron chi connectivity index (χ4n) is 2.78. The number of nitrogens with zero attached hydrogens (tertiary/aromatic N) is 3. The van der Waals surface area contributed by atoms with E-state index in [-0.39, 0.29) is 5.69 Å². The smallest absolute Gasteiger partial charge is 0.344 e. The molecule has 2 heterocycles. The number of anilines is 1. The van der Waals surface area contributed by atoms with Gasteiger partial charge in [-0.05, 0) is 6.92 Å². The molecule has 3 rings (SSSR count). The molecule has 110 valence electrons. The molecule has 0 radical (unpaired) electrons. The van der Waals surface area contributed by atoms with Crippen LogP contribution in [0, 0.1) is 6.92 Å². The third-order valence-corrected chi connectivity index (χ3v) is 3.92. The lowest BCUT2D eigenvalue weighted by Crippen LogP contribution is -3.13. The monoisotopic (exact) mass is 286 g/mol. The van der Waals surface area contributed by atoms with E-state index in [0.717, 1.165) is 44.2 Å². The van der Waals surface area contributed by atoms with Crippen molar-refractivity contribution >= 4 is 5.82 Å². The minimum atomic E-state index is -0.380. The molecule has 1 aromatic heterocycles. The van der Waals surface area contributed by atoms with Crippen molar-refractivity contribution in [2.75, 3.05) is 31.1 Å². The first-order valence-electron chi connectivity index (χ1n) is 7.28. The first kappa shape index (κ1) is 13.8. The number of piperazine rings is 1. The van der Waals surface area contributed by atoms with Crippen LogP contribution in [0.4, 0.5) is 5.82 Å². The molecule has 1 aliphatic rings. The van der Waals surface area contributed by atoms with Crippen molar-refractivity contribution in [2.45, 2.75) is 13.5 Å². The second-order valence-corrected chi connectivity index (χ2v) is 5.45. The largest absolute Gasteiger partial charge is 0.363 e. The average Bonchev–Trinajstić information content (AvgIpc) is 2.52. The Bertz CT molecular complexity index is 647. The van der Waals surface area contributed by atoms with Crippen molar-refractivity contribution in [1.82, 2.24) is 15.2 Å². The topological polar surface area (TPSA) is 66.3 Å². The van der Waals surface area contributed by atoms with E-state index < -0.39 is 0 Å². The first-order chi connectivity index (χ1) is 10.2. The van der Waals surface area contributed by atoms with E-state index >= 15 is 0 Å². The number of aromatic amines is 1. The van der Waals surface area contributed by atoms with Crippen molar-refractivity contribution in [3.8, 4) is 0 Å². The standard InChI is InChI=1S/C15H19N5O/c1-12-14(16-15(21)18-17-12)20-9-7-19(8-10-20)11-13-5-3-2-4-6-13/h2-6H,7-11H2,1H3,(H,16,18,21)/p+1. The van der Waals surface area contributed by atoms with Crippen LogP contribution in [0.2, 0.25) is 0 Å². The molecule has 2 aromatic rings. The van der Waals surface area contributed by atoms with Gasteiger partial charge in [-0.3, -0.25) is 0 Å². The van der Waals surface area contributed by atoms with E-state index in [9.17, 15) is 4.79 Å². The molecule has 0 bridgehead atoms. The highest BCUT2D eigenvalue weighted by atomic mass is 16.1. The molecular formula is C15H20N5O+. The van der Waals surface area contributed by atoms with Gasteiger partial charge in [0.2, 0.25) is 0 Å². The minimum absolute atomic E-state index is 0.380. The van der Waals surface area contributed by atoms with E-state index in [2.05, 4.69) is 44.3 Å². The van der Waals surface area contributed by atoms with Crippen molar-refractivity contribution in [3.63, 3.8) is 0 Å². The molecule has 1 saturated heterocycles. The maximum absolute atomic E-state index is 11.3. The Morgan fingerprint density at radius 2 is 1.95 bits per heavy atom. The van der Waals surface area contributed by atoms with Gasteiger partial charge in [-0.15, -0.1) is 0 Å². The average molecular weight is 286 g/mol. The number of aryl methyl sites for hydroxylation is 1. The van der Waals surface area contributed by atoms with Crippen molar-refractivity contribution in [2.24, 2.45) is 0 Å². The Balaban J connectivity index is 1.62. The fraction of sp³-hybridized carbons (Fsp3) is 0.400. The molecule has 0 aliphatic carbocycles. The summed E-state index contributed by atoms with van der Waals surface area (Å²) in [6.07, 6.45) is 0. The quantitative estimate of drug-likeness (QED) is 0.789. The summed E-state index contributed by atoms with van der Waals surface area (Å²) in [4.78, 5) is 19.1. The lowest BCUT2D eigenvalue weighted by molar-refractivity contribution is -0.914. The Kier molecular flexibility index (Phi) is 3.96. The van der Waals surface area contributed by atoms with Gasteiger partial charge >= 0.3 is 5.69 Å². The van der Waals surface area contributed by atoms with Gasteiger partial charge in [-0.1, -0.05) is 30.3 Å². The second-order valence-electron chi connectivity index (χ2n) is 5.45. The molecule has 21 heavy (non-hydrogen) atoms. The predicted molar refractivity (Wildman–Crippen MR) is 80.4 cm³/mol. The number of H-pyrrole nitrogens is 1. The minimum Gasteiger partial charge on any atom is -0.344 e. The highest BCUT2D eigenvalue weighted by molar-refractivity contribution is 5.41. The lowest BCUT2D eigenvalue weighted by atomic mass is 10.2. The molecule has 1 aliphatic heterocycles. The van der Waals surface area contributed by atoms with Crippen LogP contribution in [0.3, 0.4) is 0 Å². The highest BCUT2D eigenvalue weighted by Gasteiger charge is 2.22. The molecule has 1 fully saturated rings. The number of benzene rings is 1. The molecular weight excluding hydrogens is 266 g/mol. The second kappa shape index (κ2) is 6.05. The van der Waals surface area contributed by atoms with Crippen molar-refractivity contribution in [3.05, 3.63) is 52.1 Å². The van der Waals surface area contributed by atoms with Gasteiger partial charge < -0.3 is 9.80 Å². The number of aromatic nitrogens is 3. The molecule has 6 heteroatoms.